The first-order valence-electron chi connectivity index (χ1n) is 19.3. The van der Waals surface area contributed by atoms with Crippen LogP contribution in [0.5, 0.6) is 0 Å². The molecule has 0 spiro atoms. The molecular weight excluding hydrogens is 839 g/mol. The van der Waals surface area contributed by atoms with Crippen LogP contribution in [0.4, 0.5) is 0 Å². The molecular formula is C33H63NO21P3+3. The minimum atomic E-state index is -2.69. The van der Waals surface area contributed by atoms with Gasteiger partial charge in [0.25, 0.3) is 0 Å². The number of nitrogens with one attached hydrogen (secondary N) is 1. The fraction of sp³-hybridized carbons (Fsp3) is 0.970. The van der Waals surface area contributed by atoms with Crippen molar-refractivity contribution in [1.29, 1.82) is 0 Å². The van der Waals surface area contributed by atoms with E-state index in [1.807, 2.05) is 13.8 Å². The van der Waals surface area contributed by atoms with Gasteiger partial charge in [-0.25, -0.2) is 0 Å². The highest BCUT2D eigenvalue weighted by molar-refractivity contribution is 7.33. The lowest BCUT2D eigenvalue weighted by molar-refractivity contribution is -0.282. The van der Waals surface area contributed by atoms with E-state index in [4.69, 9.17) is 50.8 Å². The number of hydrogen-bond acceptors (Lipinski definition) is 21. The normalized spacial score (nSPS) is 29.0. The fourth-order valence-electron chi connectivity index (χ4n) is 5.48. The van der Waals surface area contributed by atoms with Crippen LogP contribution in [0.1, 0.15) is 66.2 Å². The number of unbranched alkanes of at least 4 members (excludes halogenated alkanes) is 4. The van der Waals surface area contributed by atoms with Crippen molar-refractivity contribution in [1.82, 2.24) is 5.32 Å². The van der Waals surface area contributed by atoms with Crippen molar-refractivity contribution in [2.75, 3.05) is 66.1 Å². The fourth-order valence-corrected chi connectivity index (χ4v) is 7.41. The molecule has 2 heterocycles. The second kappa shape index (κ2) is 30.2. The summed E-state index contributed by atoms with van der Waals surface area (Å²) in [6.07, 6.45) is -7.16. The Kier molecular flexibility index (Phi) is 27.7. The number of carbonyl (C=O) groups excluding carboxylic acids is 1. The maximum atomic E-state index is 12.4. The lowest BCUT2D eigenvalue weighted by atomic mass is 9.92. The number of ether oxygens (including phenoxy) is 5. The maximum absolute atomic E-state index is 12.4. The predicted molar refractivity (Wildman–Crippen MR) is 200 cm³/mol. The second-order valence-electron chi connectivity index (χ2n) is 13.8. The van der Waals surface area contributed by atoms with Crippen LogP contribution in [0, 0.1) is 5.92 Å². The first-order valence-corrected chi connectivity index (χ1v) is 22.6. The average Bonchev–Trinajstić information content (AvgIpc) is 3.18. The summed E-state index contributed by atoms with van der Waals surface area (Å²) in [5, 5.41) is 61.8. The Morgan fingerprint density at radius 1 is 0.638 bits per heavy atom. The van der Waals surface area contributed by atoms with Crippen molar-refractivity contribution in [3.8, 4) is 0 Å². The molecule has 0 aromatic heterocycles. The van der Waals surface area contributed by atoms with E-state index in [-0.39, 0.29) is 45.7 Å². The van der Waals surface area contributed by atoms with E-state index in [2.05, 4.69) is 5.32 Å². The zero-order chi connectivity index (χ0) is 43.0. The number of hydrogen-bond donors (Lipinski definition) is 7. The molecule has 14 unspecified atom stereocenters. The van der Waals surface area contributed by atoms with E-state index in [0.717, 1.165) is 0 Å². The van der Waals surface area contributed by atoms with Crippen LogP contribution >= 0.6 is 24.8 Å². The molecule has 2 aliphatic heterocycles. The Morgan fingerprint density at radius 3 is 1.64 bits per heavy atom. The van der Waals surface area contributed by atoms with Gasteiger partial charge in [-0.15, -0.1) is 27.1 Å². The Balaban J connectivity index is 1.69. The standard InChI is InChI=1S/C33H62NO21P3/c1-21(2)45-15-16-50-58(44)55-24(19-51-56(42)48-13-9-5-7-11-46-32-22(3)28(38)29(39)25(17-35)53-32)20-52-57(43)49-14-10-6-8-12-47-33-27(34-23(4)37)31(41)30(40)26(18-36)54-33/h21-22,24-33,35-36,38-41H,5-20H2,1-4H3/q+2/p+1. The van der Waals surface area contributed by atoms with Crippen molar-refractivity contribution in [3.05, 3.63) is 0 Å². The zero-order valence-corrected chi connectivity index (χ0v) is 36.1. The molecule has 7 N–H and O–H groups in total. The van der Waals surface area contributed by atoms with E-state index >= 15 is 0 Å². The first kappa shape index (κ1) is 53.2. The highest BCUT2D eigenvalue weighted by atomic mass is 31.1. The summed E-state index contributed by atoms with van der Waals surface area (Å²) in [4.78, 5) is 11.6. The van der Waals surface area contributed by atoms with Crippen LogP contribution in [0.3, 0.4) is 0 Å². The van der Waals surface area contributed by atoms with E-state index in [1.54, 1.807) is 6.92 Å². The highest BCUT2D eigenvalue weighted by Crippen LogP contribution is 2.32. The average molecular weight is 903 g/mol. The third kappa shape index (κ3) is 20.8. The monoisotopic (exact) mass is 902 g/mol. The van der Waals surface area contributed by atoms with Crippen LogP contribution in [-0.2, 0) is 69.3 Å². The molecule has 2 aliphatic rings. The summed E-state index contributed by atoms with van der Waals surface area (Å²) < 4.78 is 96.3. The van der Waals surface area contributed by atoms with Crippen molar-refractivity contribution in [2.24, 2.45) is 5.92 Å². The number of aliphatic hydroxyl groups excluding tert-OH is 6. The van der Waals surface area contributed by atoms with E-state index in [1.165, 1.54) is 6.92 Å². The molecule has 2 saturated heterocycles. The van der Waals surface area contributed by atoms with Gasteiger partial charge < -0.3 is 59.6 Å². The van der Waals surface area contributed by atoms with E-state index in [9.17, 15) is 49.1 Å². The SMILES string of the molecule is CC(=O)NC1C(OCCCCCO[P+](=O)OCC(CO[P+](=O)OCCCCCOC2OC(CO)C(O)C(O)C2C)O[P+](=O)OCCOC(C)C)OC(CO)C(O)C1O. The molecule has 2 rings (SSSR count). The zero-order valence-electron chi connectivity index (χ0n) is 33.4. The van der Waals surface area contributed by atoms with Gasteiger partial charge in [0.05, 0.1) is 32.0 Å². The van der Waals surface area contributed by atoms with Crippen LogP contribution in [0.15, 0.2) is 0 Å². The minimum absolute atomic E-state index is 0.0349. The van der Waals surface area contributed by atoms with E-state index in [0.29, 0.717) is 38.5 Å². The first-order chi connectivity index (χ1) is 27.7. The smallest absolute Gasteiger partial charge is 0.394 e. The molecule has 0 aromatic rings. The molecule has 0 saturated carbocycles. The predicted octanol–water partition coefficient (Wildman–Crippen LogP) is 1.24. The molecule has 2 fully saturated rings. The van der Waals surface area contributed by atoms with Gasteiger partial charge in [0, 0.05) is 39.8 Å². The molecule has 25 heteroatoms. The molecule has 0 bridgehead atoms. The molecule has 58 heavy (non-hydrogen) atoms. The molecule has 14 atom stereocenters. The number of carbonyl (C=O) groups is 1. The summed E-state index contributed by atoms with van der Waals surface area (Å²) in [6, 6.07) is -1.05. The number of rotatable bonds is 32. The topological polar surface area (TPSA) is 303 Å². The van der Waals surface area contributed by atoms with Gasteiger partial charge in [-0.1, -0.05) is 6.92 Å². The summed E-state index contributed by atoms with van der Waals surface area (Å²) in [6.45, 7) is 5.32. The van der Waals surface area contributed by atoms with Crippen LogP contribution in [-0.4, -0.2) is 170 Å². The summed E-state index contributed by atoms with van der Waals surface area (Å²) in [5.74, 6) is -0.975. The van der Waals surface area contributed by atoms with Gasteiger partial charge >= 0.3 is 24.8 Å². The number of aliphatic hydroxyl groups is 6. The quantitative estimate of drug-likeness (QED) is 0.0369. The second-order valence-corrected chi connectivity index (χ2v) is 16.6. The molecule has 0 aromatic carbocycles. The maximum Gasteiger partial charge on any atom is 0.697 e. The Bertz CT molecular complexity index is 1190. The molecule has 22 nitrogen and oxygen atoms in total. The van der Waals surface area contributed by atoms with Crippen LogP contribution in [0.25, 0.3) is 0 Å². The van der Waals surface area contributed by atoms with Crippen LogP contribution in [0.2, 0.25) is 0 Å². The van der Waals surface area contributed by atoms with Crippen molar-refractivity contribution in [2.45, 2.75) is 134 Å². The van der Waals surface area contributed by atoms with Gasteiger partial charge in [-0.2, -0.15) is 0 Å². The summed E-state index contributed by atoms with van der Waals surface area (Å²) in [5.41, 5.74) is 0. The van der Waals surface area contributed by atoms with Crippen molar-refractivity contribution < 1.29 is 100.0 Å². The van der Waals surface area contributed by atoms with E-state index < -0.39 is 124 Å². The largest absolute Gasteiger partial charge is 0.697 e. The molecule has 338 valence electrons. The van der Waals surface area contributed by atoms with Crippen molar-refractivity contribution in [3.63, 3.8) is 0 Å². The number of amides is 1. The van der Waals surface area contributed by atoms with Crippen LogP contribution < -0.4 is 5.32 Å². The summed E-state index contributed by atoms with van der Waals surface area (Å²) in [7, 11) is -7.96. The summed E-state index contributed by atoms with van der Waals surface area (Å²) >= 11 is 0. The third-order valence-corrected chi connectivity index (χ3v) is 11.0. The molecule has 0 aliphatic carbocycles. The van der Waals surface area contributed by atoms with Gasteiger partial charge in [-0.05, 0) is 52.4 Å². The lowest BCUT2D eigenvalue weighted by Gasteiger charge is -2.42. The minimum Gasteiger partial charge on any atom is -0.394 e. The molecule has 0 radical (unpaired) electrons. The van der Waals surface area contributed by atoms with Crippen molar-refractivity contribution >= 4 is 30.7 Å². The van der Waals surface area contributed by atoms with Gasteiger partial charge in [-0.3, -0.25) is 4.79 Å². The Morgan fingerprint density at radius 2 is 1.12 bits per heavy atom. The Hall–Kier alpha value is -0.910. The molecule has 1 amide bonds. The van der Waals surface area contributed by atoms with Gasteiger partial charge in [0.1, 0.15) is 69.6 Å². The van der Waals surface area contributed by atoms with Gasteiger partial charge in [0.15, 0.2) is 18.7 Å². The lowest BCUT2D eigenvalue weighted by Crippen LogP contribution is -2.64. The highest BCUT2D eigenvalue weighted by Gasteiger charge is 2.45. The van der Waals surface area contributed by atoms with Gasteiger partial charge in [0.2, 0.25) is 5.91 Å². The Labute approximate surface area is 341 Å². The third-order valence-electron chi connectivity index (χ3n) is 8.67.